The summed E-state index contributed by atoms with van der Waals surface area (Å²) in [7, 11) is 1.87. The molecule has 0 aliphatic heterocycles. The number of halogens is 1. The van der Waals surface area contributed by atoms with Crippen LogP contribution in [0.5, 0.6) is 0 Å². The summed E-state index contributed by atoms with van der Waals surface area (Å²) < 4.78 is 15.7. The molecule has 136 valence electrons. The normalized spacial score (nSPS) is 16.9. The van der Waals surface area contributed by atoms with Gasteiger partial charge in [-0.25, -0.2) is 9.37 Å². The van der Waals surface area contributed by atoms with Crippen LogP contribution < -0.4 is 11.1 Å². The minimum absolute atomic E-state index is 0.0244. The van der Waals surface area contributed by atoms with E-state index < -0.39 is 0 Å². The van der Waals surface area contributed by atoms with Gasteiger partial charge in [-0.05, 0) is 36.9 Å². The molecule has 0 spiro atoms. The predicted octanol–water partition coefficient (Wildman–Crippen LogP) is 2.67. The molecule has 0 bridgehead atoms. The maximum atomic E-state index is 13.8. The lowest BCUT2D eigenvalue weighted by molar-refractivity contribution is -0.123. The zero-order valence-electron chi connectivity index (χ0n) is 14.9. The fourth-order valence-electron chi connectivity index (χ4n) is 3.92. The molecule has 1 amide bonds. The van der Waals surface area contributed by atoms with Gasteiger partial charge in [0.2, 0.25) is 5.91 Å². The summed E-state index contributed by atoms with van der Waals surface area (Å²) >= 11 is 0. The zero-order chi connectivity index (χ0) is 17.9. The van der Waals surface area contributed by atoms with Crippen molar-refractivity contribution in [2.75, 3.05) is 13.1 Å². The second-order valence-corrected chi connectivity index (χ2v) is 7.24. The van der Waals surface area contributed by atoms with Crippen molar-refractivity contribution in [3.63, 3.8) is 0 Å². The van der Waals surface area contributed by atoms with Crippen LogP contribution in [-0.2, 0) is 18.3 Å². The van der Waals surface area contributed by atoms with Crippen LogP contribution in [-0.4, -0.2) is 28.5 Å². The number of hydrogen-bond acceptors (Lipinski definition) is 3. The van der Waals surface area contributed by atoms with Gasteiger partial charge in [-0.3, -0.25) is 4.79 Å². The molecule has 5 nitrogen and oxygen atoms in total. The van der Waals surface area contributed by atoms with Crippen LogP contribution >= 0.6 is 0 Å². The van der Waals surface area contributed by atoms with Crippen molar-refractivity contribution in [3.05, 3.63) is 29.8 Å². The van der Waals surface area contributed by atoms with Crippen molar-refractivity contribution in [2.24, 2.45) is 18.2 Å². The molecular formula is C19H27FN4O. The maximum Gasteiger partial charge on any atom is 0.220 e. The SMILES string of the molecule is Cn1c(CCNC(=O)CC2(CN)CCCCC2)nc2c(F)cccc21. The summed E-state index contributed by atoms with van der Waals surface area (Å²) in [4.78, 5) is 16.7. The Morgan fingerprint density at radius 2 is 2.12 bits per heavy atom. The minimum Gasteiger partial charge on any atom is -0.356 e. The number of nitrogens with zero attached hydrogens (tertiary/aromatic N) is 2. The molecule has 6 heteroatoms. The van der Waals surface area contributed by atoms with E-state index in [-0.39, 0.29) is 17.1 Å². The first kappa shape index (κ1) is 17.9. The van der Waals surface area contributed by atoms with Gasteiger partial charge in [0.25, 0.3) is 0 Å². The first-order valence-corrected chi connectivity index (χ1v) is 9.11. The van der Waals surface area contributed by atoms with Crippen LogP contribution in [0.3, 0.4) is 0 Å². The van der Waals surface area contributed by atoms with Gasteiger partial charge >= 0.3 is 0 Å². The summed E-state index contributed by atoms with van der Waals surface area (Å²) in [6.45, 7) is 1.07. The Balaban J connectivity index is 1.57. The van der Waals surface area contributed by atoms with Crippen molar-refractivity contribution in [3.8, 4) is 0 Å². The molecule has 1 fully saturated rings. The van der Waals surface area contributed by atoms with Crippen LogP contribution in [0.1, 0.15) is 44.3 Å². The smallest absolute Gasteiger partial charge is 0.220 e. The van der Waals surface area contributed by atoms with Crippen molar-refractivity contribution in [1.82, 2.24) is 14.9 Å². The molecule has 1 saturated carbocycles. The number of amides is 1. The minimum atomic E-state index is -0.314. The van der Waals surface area contributed by atoms with Gasteiger partial charge in [-0.15, -0.1) is 0 Å². The second kappa shape index (κ2) is 7.52. The van der Waals surface area contributed by atoms with Crippen molar-refractivity contribution in [2.45, 2.75) is 44.9 Å². The van der Waals surface area contributed by atoms with Gasteiger partial charge < -0.3 is 15.6 Å². The first-order valence-electron chi connectivity index (χ1n) is 9.11. The number of hydrogen-bond donors (Lipinski definition) is 2. The summed E-state index contributed by atoms with van der Waals surface area (Å²) in [5.74, 6) is 0.509. The number of nitrogens with one attached hydrogen (secondary N) is 1. The molecule has 1 aromatic heterocycles. The van der Waals surface area contributed by atoms with Gasteiger partial charge in [-0.2, -0.15) is 0 Å². The number of para-hydroxylation sites is 1. The molecule has 0 saturated heterocycles. The van der Waals surface area contributed by atoms with Gasteiger partial charge in [0.1, 0.15) is 11.3 Å². The van der Waals surface area contributed by atoms with Gasteiger partial charge in [0.05, 0.1) is 5.52 Å². The van der Waals surface area contributed by atoms with E-state index in [0.717, 1.165) is 37.0 Å². The van der Waals surface area contributed by atoms with E-state index in [1.807, 2.05) is 17.7 Å². The summed E-state index contributed by atoms with van der Waals surface area (Å²) in [5.41, 5.74) is 7.08. The highest BCUT2D eigenvalue weighted by atomic mass is 19.1. The first-order chi connectivity index (χ1) is 12.0. The molecule has 3 rings (SSSR count). The van der Waals surface area contributed by atoms with Gasteiger partial charge in [0, 0.05) is 26.4 Å². The summed E-state index contributed by atoms with van der Waals surface area (Å²) in [6, 6.07) is 4.94. The molecule has 2 aromatic rings. The summed E-state index contributed by atoms with van der Waals surface area (Å²) in [6.07, 6.45) is 6.73. The summed E-state index contributed by atoms with van der Waals surface area (Å²) in [5, 5.41) is 2.98. The highest BCUT2D eigenvalue weighted by molar-refractivity contribution is 5.77. The highest BCUT2D eigenvalue weighted by Crippen LogP contribution is 2.38. The second-order valence-electron chi connectivity index (χ2n) is 7.24. The van der Waals surface area contributed by atoms with E-state index in [9.17, 15) is 9.18 Å². The number of fused-ring (bicyclic) bond motifs is 1. The van der Waals surface area contributed by atoms with E-state index in [1.165, 1.54) is 12.5 Å². The predicted molar refractivity (Wildman–Crippen MR) is 96.6 cm³/mol. The molecule has 25 heavy (non-hydrogen) atoms. The van der Waals surface area contributed by atoms with E-state index in [2.05, 4.69) is 10.3 Å². The van der Waals surface area contributed by atoms with Crippen LogP contribution in [0.15, 0.2) is 18.2 Å². The third-order valence-corrected chi connectivity index (χ3v) is 5.51. The third-order valence-electron chi connectivity index (χ3n) is 5.51. The number of rotatable bonds is 6. The molecule has 1 aliphatic carbocycles. The highest BCUT2D eigenvalue weighted by Gasteiger charge is 2.32. The molecule has 1 aliphatic rings. The van der Waals surface area contributed by atoms with Gasteiger partial charge in [0.15, 0.2) is 5.82 Å². The van der Waals surface area contributed by atoms with Crippen LogP contribution in [0, 0.1) is 11.2 Å². The Bertz CT molecular complexity index is 749. The largest absolute Gasteiger partial charge is 0.356 e. The average Bonchev–Trinajstić information content (AvgIpc) is 2.94. The number of aryl methyl sites for hydroxylation is 1. The molecule has 3 N–H and O–H groups in total. The van der Waals surface area contributed by atoms with E-state index in [4.69, 9.17) is 5.73 Å². The lowest BCUT2D eigenvalue weighted by Gasteiger charge is -2.35. The number of carbonyl (C=O) groups is 1. The third kappa shape index (κ3) is 3.84. The van der Waals surface area contributed by atoms with Crippen LogP contribution in [0.25, 0.3) is 11.0 Å². The van der Waals surface area contributed by atoms with E-state index in [1.54, 1.807) is 6.07 Å². The van der Waals surface area contributed by atoms with Crippen molar-refractivity contribution >= 4 is 16.9 Å². The fraction of sp³-hybridized carbons (Fsp3) is 0.579. The molecule has 1 heterocycles. The van der Waals surface area contributed by atoms with Crippen molar-refractivity contribution < 1.29 is 9.18 Å². The Kier molecular flexibility index (Phi) is 5.37. The lowest BCUT2D eigenvalue weighted by Crippen LogP contribution is -2.39. The maximum absolute atomic E-state index is 13.8. The number of nitrogens with two attached hydrogens (primary N) is 1. The van der Waals surface area contributed by atoms with Crippen LogP contribution in [0.2, 0.25) is 0 Å². The number of carbonyl (C=O) groups excluding carboxylic acids is 1. The monoisotopic (exact) mass is 346 g/mol. The Hall–Kier alpha value is -1.95. The van der Waals surface area contributed by atoms with Crippen molar-refractivity contribution in [1.29, 1.82) is 0 Å². The average molecular weight is 346 g/mol. The number of benzene rings is 1. The Morgan fingerprint density at radius 3 is 2.80 bits per heavy atom. The standard InChI is InChI=1S/C19H27FN4O/c1-24-15-7-5-6-14(20)18(15)23-16(24)8-11-22-17(25)12-19(13-21)9-3-2-4-10-19/h5-7H,2-4,8-13,21H2,1H3,(H,22,25). The number of aromatic nitrogens is 2. The van der Waals surface area contributed by atoms with Crippen LogP contribution in [0.4, 0.5) is 4.39 Å². The molecule has 0 radical (unpaired) electrons. The molecule has 1 aromatic carbocycles. The molecule has 0 atom stereocenters. The molecular weight excluding hydrogens is 319 g/mol. The Labute approximate surface area is 147 Å². The Morgan fingerprint density at radius 1 is 1.36 bits per heavy atom. The lowest BCUT2D eigenvalue weighted by atomic mass is 9.71. The van der Waals surface area contributed by atoms with Gasteiger partial charge in [-0.1, -0.05) is 25.3 Å². The molecule has 0 unspecified atom stereocenters. The fourth-order valence-corrected chi connectivity index (χ4v) is 3.92. The van der Waals surface area contributed by atoms with E-state index >= 15 is 0 Å². The zero-order valence-corrected chi connectivity index (χ0v) is 14.9. The topological polar surface area (TPSA) is 72.9 Å². The quantitative estimate of drug-likeness (QED) is 0.844. The number of imidazole rings is 1. The van der Waals surface area contributed by atoms with E-state index in [0.29, 0.717) is 31.4 Å².